The molecule has 2 aliphatic rings. The number of ether oxygens (including phenoxy) is 2. The molecule has 0 bridgehead atoms. The number of rotatable bonds is 3. The Morgan fingerprint density at radius 2 is 1.76 bits per heavy atom. The van der Waals surface area contributed by atoms with Gasteiger partial charge in [0.05, 0.1) is 14.2 Å². The van der Waals surface area contributed by atoms with E-state index in [2.05, 4.69) is 24.0 Å². The van der Waals surface area contributed by atoms with E-state index >= 15 is 0 Å². The van der Waals surface area contributed by atoms with E-state index in [9.17, 15) is 0 Å². The molecule has 0 unspecified atom stereocenters. The molecule has 0 radical (unpaired) electrons. The molecule has 3 heteroatoms. The summed E-state index contributed by atoms with van der Waals surface area (Å²) in [6.45, 7) is 4.64. The van der Waals surface area contributed by atoms with Crippen molar-refractivity contribution >= 4 is 0 Å². The predicted octanol–water partition coefficient (Wildman–Crippen LogP) is 3.64. The summed E-state index contributed by atoms with van der Waals surface area (Å²) >= 11 is 0. The summed E-state index contributed by atoms with van der Waals surface area (Å²) in [5, 5.41) is 0. The molecule has 1 aliphatic carbocycles. The molecule has 0 spiro atoms. The summed E-state index contributed by atoms with van der Waals surface area (Å²) in [4.78, 5) is 2.68. The second-order valence-electron chi connectivity index (χ2n) is 6.62. The molecule has 1 aromatic carbocycles. The zero-order valence-corrected chi connectivity index (χ0v) is 13.5. The third-order valence-electron chi connectivity index (χ3n) is 5.17. The van der Waals surface area contributed by atoms with E-state index in [1.165, 1.54) is 43.4 Å². The van der Waals surface area contributed by atoms with E-state index in [0.29, 0.717) is 0 Å². The minimum Gasteiger partial charge on any atom is -0.493 e. The lowest BCUT2D eigenvalue weighted by Crippen LogP contribution is -2.41. The molecule has 1 aliphatic heterocycles. The predicted molar refractivity (Wildman–Crippen MR) is 85.1 cm³/mol. The van der Waals surface area contributed by atoms with Gasteiger partial charge < -0.3 is 9.47 Å². The van der Waals surface area contributed by atoms with Gasteiger partial charge in [0.1, 0.15) is 0 Å². The molecule has 1 heterocycles. The van der Waals surface area contributed by atoms with E-state index in [4.69, 9.17) is 9.47 Å². The first-order valence-electron chi connectivity index (χ1n) is 8.19. The monoisotopic (exact) mass is 289 g/mol. The Kier molecular flexibility index (Phi) is 4.39. The Balaban J connectivity index is 1.78. The normalized spacial score (nSPS) is 26.2. The van der Waals surface area contributed by atoms with Gasteiger partial charge in [0.2, 0.25) is 0 Å². The van der Waals surface area contributed by atoms with Gasteiger partial charge in [-0.15, -0.1) is 0 Å². The van der Waals surface area contributed by atoms with Crippen LogP contribution in [0.1, 0.15) is 43.7 Å². The van der Waals surface area contributed by atoms with Crippen LogP contribution in [-0.4, -0.2) is 31.7 Å². The van der Waals surface area contributed by atoms with Crippen molar-refractivity contribution in [2.75, 3.05) is 20.8 Å². The maximum absolute atomic E-state index is 5.46. The van der Waals surface area contributed by atoms with Crippen LogP contribution in [-0.2, 0) is 13.0 Å². The van der Waals surface area contributed by atoms with Crippen molar-refractivity contribution < 1.29 is 9.47 Å². The molecule has 116 valence electrons. The zero-order chi connectivity index (χ0) is 14.8. The molecule has 0 amide bonds. The van der Waals surface area contributed by atoms with Gasteiger partial charge in [0.25, 0.3) is 0 Å². The summed E-state index contributed by atoms with van der Waals surface area (Å²) in [7, 11) is 3.43. The number of nitrogens with zero attached hydrogens (tertiary/aromatic N) is 1. The highest BCUT2D eigenvalue weighted by Crippen LogP contribution is 2.35. The minimum absolute atomic E-state index is 0.773. The van der Waals surface area contributed by atoms with Crippen molar-refractivity contribution in [1.29, 1.82) is 0 Å². The lowest BCUT2D eigenvalue weighted by Gasteiger charge is -2.39. The van der Waals surface area contributed by atoms with Crippen LogP contribution in [0.3, 0.4) is 0 Å². The molecule has 0 N–H and O–H groups in total. The molecular weight excluding hydrogens is 262 g/mol. The summed E-state index contributed by atoms with van der Waals surface area (Å²) < 4.78 is 10.9. The van der Waals surface area contributed by atoms with Crippen LogP contribution < -0.4 is 9.47 Å². The van der Waals surface area contributed by atoms with Gasteiger partial charge in [-0.1, -0.05) is 19.8 Å². The third kappa shape index (κ3) is 3.03. The van der Waals surface area contributed by atoms with Gasteiger partial charge in [-0.25, -0.2) is 0 Å². The van der Waals surface area contributed by atoms with Crippen LogP contribution in [0.15, 0.2) is 12.1 Å². The lowest BCUT2D eigenvalue weighted by molar-refractivity contribution is 0.121. The maximum Gasteiger partial charge on any atom is 0.161 e. The molecule has 3 rings (SSSR count). The summed E-state index contributed by atoms with van der Waals surface area (Å²) in [5.41, 5.74) is 2.84. The molecule has 0 saturated heterocycles. The van der Waals surface area contributed by atoms with Crippen LogP contribution in [0.25, 0.3) is 0 Å². The molecule has 0 aromatic heterocycles. The Hall–Kier alpha value is -1.22. The topological polar surface area (TPSA) is 21.7 Å². The second-order valence-corrected chi connectivity index (χ2v) is 6.62. The first kappa shape index (κ1) is 14.7. The van der Waals surface area contributed by atoms with Crippen molar-refractivity contribution in [2.45, 2.75) is 51.6 Å². The van der Waals surface area contributed by atoms with Gasteiger partial charge >= 0.3 is 0 Å². The average Bonchev–Trinajstić information content (AvgIpc) is 2.53. The number of hydrogen-bond acceptors (Lipinski definition) is 3. The highest BCUT2D eigenvalue weighted by atomic mass is 16.5. The Morgan fingerprint density at radius 3 is 2.43 bits per heavy atom. The maximum atomic E-state index is 5.46. The van der Waals surface area contributed by atoms with Crippen LogP contribution in [0, 0.1) is 5.92 Å². The van der Waals surface area contributed by atoms with Gasteiger partial charge in [0.15, 0.2) is 11.5 Å². The molecular formula is C18H27NO2. The number of benzene rings is 1. The van der Waals surface area contributed by atoms with E-state index < -0.39 is 0 Å². The van der Waals surface area contributed by atoms with Gasteiger partial charge in [-0.05, 0) is 48.4 Å². The van der Waals surface area contributed by atoms with Gasteiger partial charge in [-0.3, -0.25) is 4.90 Å². The molecule has 3 nitrogen and oxygen atoms in total. The average molecular weight is 289 g/mol. The highest BCUT2D eigenvalue weighted by molar-refractivity contribution is 5.48. The van der Waals surface area contributed by atoms with E-state index in [-0.39, 0.29) is 0 Å². The SMILES string of the molecule is COc1cc2c(cc1OC)CN([C@@H]1CCC[C@H](C)C1)CC2. The van der Waals surface area contributed by atoms with E-state index in [1.807, 2.05) is 0 Å². The third-order valence-corrected chi connectivity index (χ3v) is 5.17. The summed E-state index contributed by atoms with van der Waals surface area (Å²) in [6, 6.07) is 5.11. The fourth-order valence-electron chi connectivity index (χ4n) is 3.95. The molecule has 2 atom stereocenters. The fourth-order valence-corrected chi connectivity index (χ4v) is 3.95. The summed E-state index contributed by atoms with van der Waals surface area (Å²) in [5.74, 6) is 2.60. The highest BCUT2D eigenvalue weighted by Gasteiger charge is 2.28. The Bertz CT molecular complexity index is 500. The lowest BCUT2D eigenvalue weighted by atomic mass is 9.85. The van der Waals surface area contributed by atoms with Crippen molar-refractivity contribution in [3.8, 4) is 11.5 Å². The quantitative estimate of drug-likeness (QED) is 0.848. The van der Waals surface area contributed by atoms with Crippen molar-refractivity contribution in [3.63, 3.8) is 0 Å². The van der Waals surface area contributed by atoms with Crippen LogP contribution in [0.2, 0.25) is 0 Å². The standard InChI is InChI=1S/C18H27NO2/c1-13-5-4-6-16(9-13)19-8-7-14-10-17(20-2)18(21-3)11-15(14)12-19/h10-11,13,16H,4-9,12H2,1-3H3/t13-,16+/m0/s1. The van der Waals surface area contributed by atoms with Crippen molar-refractivity contribution in [2.24, 2.45) is 5.92 Å². The molecule has 21 heavy (non-hydrogen) atoms. The second kappa shape index (κ2) is 6.27. The van der Waals surface area contributed by atoms with Crippen molar-refractivity contribution in [3.05, 3.63) is 23.3 Å². The van der Waals surface area contributed by atoms with Gasteiger partial charge in [0, 0.05) is 19.1 Å². The fraction of sp³-hybridized carbons (Fsp3) is 0.667. The molecule has 1 aromatic rings. The first-order valence-corrected chi connectivity index (χ1v) is 8.19. The van der Waals surface area contributed by atoms with Crippen LogP contribution in [0.4, 0.5) is 0 Å². The largest absolute Gasteiger partial charge is 0.493 e. The summed E-state index contributed by atoms with van der Waals surface area (Å²) in [6.07, 6.45) is 6.66. The Morgan fingerprint density at radius 1 is 1.05 bits per heavy atom. The van der Waals surface area contributed by atoms with E-state index in [0.717, 1.165) is 36.4 Å². The van der Waals surface area contributed by atoms with Crippen LogP contribution >= 0.6 is 0 Å². The minimum atomic E-state index is 0.773. The molecule has 1 fully saturated rings. The number of methoxy groups -OCH3 is 2. The molecule has 1 saturated carbocycles. The van der Waals surface area contributed by atoms with E-state index in [1.54, 1.807) is 14.2 Å². The number of fused-ring (bicyclic) bond motifs is 1. The van der Waals surface area contributed by atoms with Crippen molar-refractivity contribution in [1.82, 2.24) is 4.90 Å². The zero-order valence-electron chi connectivity index (χ0n) is 13.5. The Labute approximate surface area is 128 Å². The van der Waals surface area contributed by atoms with Crippen LogP contribution in [0.5, 0.6) is 11.5 Å². The van der Waals surface area contributed by atoms with Gasteiger partial charge in [-0.2, -0.15) is 0 Å². The number of hydrogen-bond donors (Lipinski definition) is 0. The smallest absolute Gasteiger partial charge is 0.161 e. The first-order chi connectivity index (χ1) is 10.2.